The molecule has 2 aliphatic heterocycles. The third-order valence-corrected chi connectivity index (χ3v) is 10.5. The fourth-order valence-corrected chi connectivity index (χ4v) is 8.19. The first-order chi connectivity index (χ1) is 20.2. The lowest BCUT2D eigenvalue weighted by Gasteiger charge is -2.44. The van der Waals surface area contributed by atoms with Gasteiger partial charge < -0.3 is 28.4 Å². The Labute approximate surface area is 249 Å². The van der Waals surface area contributed by atoms with Crippen LogP contribution in [0.25, 0.3) is 0 Å². The Balaban J connectivity index is 1.35. The van der Waals surface area contributed by atoms with Gasteiger partial charge in [0.15, 0.2) is 12.1 Å². The molecule has 2 heterocycles. The number of carbonyl (C=O) groups excluding carboxylic acids is 3. The van der Waals surface area contributed by atoms with Gasteiger partial charge in [-0.05, 0) is 75.2 Å². The number of methoxy groups -OCH3 is 3. The Kier molecular flexibility index (Phi) is 10.0. The fraction of sp³-hybridized carbons (Fsp3) is 0.788. The predicted molar refractivity (Wildman–Crippen MR) is 153 cm³/mol. The number of ketones is 2. The van der Waals surface area contributed by atoms with Gasteiger partial charge in [-0.1, -0.05) is 25.2 Å². The summed E-state index contributed by atoms with van der Waals surface area (Å²) in [5, 5.41) is 0. The highest BCUT2D eigenvalue weighted by Gasteiger charge is 2.52. The summed E-state index contributed by atoms with van der Waals surface area (Å²) in [5.41, 5.74) is 0.628. The standard InChI is InChI=1S/C33H48O9/c1-7-20-9-8-10-27(34)17(2)29(36)26-15-24-22(25(26)16-28(35)41-20)12-11-19-13-21(14-23(19)24)42-33-32(39-6)31(38-5)30(37-4)18(3)40-33/h11-12,15,17-25,30-33H,7-10,13-14,16H2,1-6H3/t17-,18?,19-,20+,21-,22-,23-,24-,25+,30?,31?,32?,33?/m1/s1. The van der Waals surface area contributed by atoms with E-state index in [9.17, 15) is 14.4 Å². The lowest BCUT2D eigenvalue weighted by Crippen LogP contribution is -2.59. The van der Waals surface area contributed by atoms with Crippen molar-refractivity contribution in [3.63, 3.8) is 0 Å². The number of esters is 1. The van der Waals surface area contributed by atoms with Crippen LogP contribution in [-0.2, 0) is 42.8 Å². The van der Waals surface area contributed by atoms with Crippen molar-refractivity contribution in [1.82, 2.24) is 0 Å². The highest BCUT2D eigenvalue weighted by atomic mass is 16.7. The third kappa shape index (κ3) is 6.05. The molecule has 0 aromatic heterocycles. The van der Waals surface area contributed by atoms with E-state index >= 15 is 0 Å². The maximum atomic E-state index is 13.7. The molecule has 42 heavy (non-hydrogen) atoms. The molecule has 0 bridgehead atoms. The van der Waals surface area contributed by atoms with Crippen LogP contribution in [0.15, 0.2) is 23.8 Å². The molecular weight excluding hydrogens is 540 g/mol. The van der Waals surface area contributed by atoms with E-state index < -0.39 is 18.3 Å². The number of Topliss-reactive ketones (excluding diaryl/α,β-unsaturated/α-hetero) is 2. The van der Waals surface area contributed by atoms with Gasteiger partial charge in [0, 0.05) is 33.7 Å². The van der Waals surface area contributed by atoms with Crippen molar-refractivity contribution in [3.8, 4) is 0 Å². The van der Waals surface area contributed by atoms with Gasteiger partial charge >= 0.3 is 5.97 Å². The first-order valence-electron chi connectivity index (χ1n) is 15.8. The zero-order valence-electron chi connectivity index (χ0n) is 25.9. The van der Waals surface area contributed by atoms with Gasteiger partial charge in [-0.2, -0.15) is 0 Å². The molecule has 0 spiro atoms. The van der Waals surface area contributed by atoms with Crippen LogP contribution in [0.5, 0.6) is 0 Å². The lowest BCUT2D eigenvalue weighted by molar-refractivity contribution is -0.314. The van der Waals surface area contributed by atoms with E-state index in [1.807, 2.05) is 13.8 Å². The maximum absolute atomic E-state index is 13.7. The normalized spacial score (nSPS) is 44.4. The molecular formula is C33H48O9. The zero-order valence-corrected chi connectivity index (χ0v) is 25.9. The Morgan fingerprint density at radius 3 is 2.36 bits per heavy atom. The second-order valence-corrected chi connectivity index (χ2v) is 12.8. The summed E-state index contributed by atoms with van der Waals surface area (Å²) in [7, 11) is 4.91. The van der Waals surface area contributed by atoms with Crippen molar-refractivity contribution in [2.24, 2.45) is 35.5 Å². The molecule has 0 aromatic rings. The summed E-state index contributed by atoms with van der Waals surface area (Å²) in [6.07, 6.45) is 8.47. The number of cyclic esters (lactones) is 1. The van der Waals surface area contributed by atoms with Gasteiger partial charge in [0.2, 0.25) is 0 Å². The molecule has 9 heteroatoms. The molecule has 5 aliphatic rings. The van der Waals surface area contributed by atoms with Gasteiger partial charge in [0.05, 0.1) is 24.5 Å². The van der Waals surface area contributed by atoms with E-state index in [1.165, 1.54) is 0 Å². The molecule has 1 saturated carbocycles. The SMILES string of the molecule is CC[C@H]1CCCC(=O)[C@@H](C)C(=O)C2=C[C@@H]3[C@@H](C=C[C@@H]4C[C@@H](OC5OC(C)C(OC)C(OC)C5OC)C[C@@H]34)[C@@H]2CC(=O)O1. The van der Waals surface area contributed by atoms with Gasteiger partial charge in [-0.15, -0.1) is 0 Å². The second-order valence-electron chi connectivity index (χ2n) is 12.8. The average molecular weight is 589 g/mol. The number of fused-ring (bicyclic) bond motifs is 5. The predicted octanol–water partition coefficient (Wildman–Crippen LogP) is 4.22. The molecule has 3 aliphatic carbocycles. The van der Waals surface area contributed by atoms with Crippen LogP contribution < -0.4 is 0 Å². The van der Waals surface area contributed by atoms with Crippen LogP contribution in [0.2, 0.25) is 0 Å². The molecule has 0 aromatic carbocycles. The molecule has 9 nitrogen and oxygen atoms in total. The molecule has 2 saturated heterocycles. The highest BCUT2D eigenvalue weighted by Crippen LogP contribution is 2.54. The minimum Gasteiger partial charge on any atom is -0.462 e. The van der Waals surface area contributed by atoms with Crippen molar-refractivity contribution >= 4 is 17.5 Å². The van der Waals surface area contributed by atoms with Crippen molar-refractivity contribution in [2.45, 2.75) is 109 Å². The highest BCUT2D eigenvalue weighted by molar-refractivity contribution is 6.10. The Hall–Kier alpha value is -1.91. The molecule has 0 amide bonds. The second kappa shape index (κ2) is 13.4. The smallest absolute Gasteiger partial charge is 0.306 e. The zero-order chi connectivity index (χ0) is 30.1. The minimum absolute atomic E-state index is 0.0137. The van der Waals surface area contributed by atoms with E-state index in [-0.39, 0.29) is 84.1 Å². The van der Waals surface area contributed by atoms with Crippen LogP contribution in [0.1, 0.15) is 65.7 Å². The molecule has 0 N–H and O–H groups in total. The summed E-state index contributed by atoms with van der Waals surface area (Å²) in [6.45, 7) is 5.67. The number of carbonyl (C=O) groups is 3. The van der Waals surface area contributed by atoms with E-state index in [2.05, 4.69) is 18.2 Å². The Morgan fingerprint density at radius 1 is 0.929 bits per heavy atom. The van der Waals surface area contributed by atoms with E-state index in [0.717, 1.165) is 12.8 Å². The number of hydrogen-bond acceptors (Lipinski definition) is 9. The summed E-state index contributed by atoms with van der Waals surface area (Å²) in [4.78, 5) is 39.8. The topological polar surface area (TPSA) is 107 Å². The van der Waals surface area contributed by atoms with Crippen LogP contribution in [0, 0.1) is 35.5 Å². The van der Waals surface area contributed by atoms with E-state index in [0.29, 0.717) is 31.3 Å². The fourth-order valence-electron chi connectivity index (χ4n) is 8.19. The van der Waals surface area contributed by atoms with Crippen molar-refractivity contribution < 1.29 is 42.8 Å². The van der Waals surface area contributed by atoms with Gasteiger partial charge in [-0.3, -0.25) is 14.4 Å². The number of rotatable bonds is 6. The third-order valence-electron chi connectivity index (χ3n) is 10.5. The first-order valence-corrected chi connectivity index (χ1v) is 15.8. The molecule has 5 rings (SSSR count). The van der Waals surface area contributed by atoms with Gasteiger partial charge in [0.25, 0.3) is 0 Å². The quantitative estimate of drug-likeness (QED) is 0.256. The minimum atomic E-state index is -0.699. The van der Waals surface area contributed by atoms with E-state index in [1.54, 1.807) is 28.3 Å². The lowest BCUT2D eigenvalue weighted by atomic mass is 9.70. The average Bonchev–Trinajstić information content (AvgIpc) is 3.55. The summed E-state index contributed by atoms with van der Waals surface area (Å²) in [6, 6.07) is 0. The van der Waals surface area contributed by atoms with Crippen molar-refractivity contribution in [1.29, 1.82) is 0 Å². The van der Waals surface area contributed by atoms with Crippen LogP contribution in [0.4, 0.5) is 0 Å². The maximum Gasteiger partial charge on any atom is 0.306 e. The number of ether oxygens (including phenoxy) is 6. The van der Waals surface area contributed by atoms with Crippen LogP contribution >= 0.6 is 0 Å². The molecule has 5 unspecified atom stereocenters. The Bertz CT molecular complexity index is 1070. The van der Waals surface area contributed by atoms with Crippen LogP contribution in [0.3, 0.4) is 0 Å². The monoisotopic (exact) mass is 588 g/mol. The number of allylic oxidation sites excluding steroid dienone is 4. The summed E-state index contributed by atoms with van der Waals surface area (Å²) in [5.74, 6) is -0.764. The Morgan fingerprint density at radius 2 is 1.67 bits per heavy atom. The van der Waals surface area contributed by atoms with Crippen molar-refractivity contribution in [3.05, 3.63) is 23.8 Å². The molecule has 13 atom stereocenters. The van der Waals surface area contributed by atoms with Gasteiger partial charge in [0.1, 0.15) is 30.2 Å². The van der Waals surface area contributed by atoms with Gasteiger partial charge in [-0.25, -0.2) is 0 Å². The largest absolute Gasteiger partial charge is 0.462 e. The molecule has 234 valence electrons. The summed E-state index contributed by atoms with van der Waals surface area (Å²) < 4.78 is 35.8. The molecule has 3 fully saturated rings. The van der Waals surface area contributed by atoms with Crippen molar-refractivity contribution in [2.75, 3.05) is 21.3 Å². The number of hydrogen-bond donors (Lipinski definition) is 0. The summed E-state index contributed by atoms with van der Waals surface area (Å²) >= 11 is 0. The van der Waals surface area contributed by atoms with Crippen LogP contribution in [-0.4, -0.2) is 81.8 Å². The first kappa shape index (κ1) is 31.5. The molecule has 0 radical (unpaired) electrons. The van der Waals surface area contributed by atoms with E-state index in [4.69, 9.17) is 28.4 Å².